The molecular formula is C17H18F3N3O. The van der Waals surface area contributed by atoms with Gasteiger partial charge in [0.1, 0.15) is 11.6 Å². The molecule has 4 nitrogen and oxygen atoms in total. The van der Waals surface area contributed by atoms with Gasteiger partial charge in [-0.1, -0.05) is 6.07 Å². The summed E-state index contributed by atoms with van der Waals surface area (Å²) in [5, 5.41) is 0. The van der Waals surface area contributed by atoms with E-state index in [9.17, 15) is 13.2 Å². The summed E-state index contributed by atoms with van der Waals surface area (Å²) in [6, 6.07) is 10.4. The standard InChI is InChI=1S/C17H18F3N3O/c1-24-15-4-2-3-14(11-15)22-7-9-23(10-8-22)16-6-5-13(12-21-16)17(18,19)20/h2-6,11-12H,7-10H2,1H3. The molecule has 1 fully saturated rings. The van der Waals surface area contributed by atoms with Crippen molar-refractivity contribution in [3.63, 3.8) is 0 Å². The van der Waals surface area contributed by atoms with Gasteiger partial charge >= 0.3 is 6.18 Å². The van der Waals surface area contributed by atoms with Gasteiger partial charge in [0.15, 0.2) is 0 Å². The number of rotatable bonds is 3. The molecule has 24 heavy (non-hydrogen) atoms. The third kappa shape index (κ3) is 3.55. The third-order valence-corrected chi connectivity index (χ3v) is 4.10. The summed E-state index contributed by atoms with van der Waals surface area (Å²) in [6.45, 7) is 2.96. The SMILES string of the molecule is COc1cccc(N2CCN(c3ccc(C(F)(F)F)cn3)CC2)c1. The van der Waals surface area contributed by atoms with Crippen LogP contribution >= 0.6 is 0 Å². The van der Waals surface area contributed by atoms with Gasteiger partial charge in [-0.15, -0.1) is 0 Å². The number of methoxy groups -OCH3 is 1. The van der Waals surface area contributed by atoms with Crippen LogP contribution in [0.1, 0.15) is 5.56 Å². The lowest BCUT2D eigenvalue weighted by Crippen LogP contribution is -2.46. The quantitative estimate of drug-likeness (QED) is 0.858. The molecule has 1 aromatic carbocycles. The van der Waals surface area contributed by atoms with Crippen LogP contribution in [0.2, 0.25) is 0 Å². The molecule has 0 aliphatic carbocycles. The van der Waals surface area contributed by atoms with Gasteiger partial charge in [-0.2, -0.15) is 13.2 Å². The number of hydrogen-bond acceptors (Lipinski definition) is 4. The summed E-state index contributed by atoms with van der Waals surface area (Å²) in [5.41, 5.74) is 0.357. The normalized spacial score (nSPS) is 15.5. The van der Waals surface area contributed by atoms with Crippen molar-refractivity contribution in [2.24, 2.45) is 0 Å². The average molecular weight is 337 g/mol. The van der Waals surface area contributed by atoms with Gasteiger partial charge in [-0.3, -0.25) is 0 Å². The third-order valence-electron chi connectivity index (χ3n) is 4.10. The predicted octanol–water partition coefficient (Wildman–Crippen LogP) is 3.44. The van der Waals surface area contributed by atoms with Crippen LogP contribution in [0.15, 0.2) is 42.6 Å². The molecule has 1 aliphatic rings. The van der Waals surface area contributed by atoms with Gasteiger partial charge < -0.3 is 14.5 Å². The number of halogens is 3. The van der Waals surface area contributed by atoms with Crippen molar-refractivity contribution < 1.29 is 17.9 Å². The number of benzene rings is 1. The first-order valence-electron chi connectivity index (χ1n) is 7.64. The highest BCUT2D eigenvalue weighted by Gasteiger charge is 2.31. The van der Waals surface area contributed by atoms with Gasteiger partial charge in [0, 0.05) is 44.1 Å². The molecule has 3 rings (SSSR count). The first-order chi connectivity index (χ1) is 11.5. The van der Waals surface area contributed by atoms with Gasteiger partial charge in [0.2, 0.25) is 0 Å². The van der Waals surface area contributed by atoms with E-state index < -0.39 is 11.7 Å². The zero-order valence-corrected chi connectivity index (χ0v) is 13.3. The molecule has 0 unspecified atom stereocenters. The summed E-state index contributed by atoms with van der Waals surface area (Å²) in [4.78, 5) is 8.18. The zero-order chi connectivity index (χ0) is 17.2. The van der Waals surface area contributed by atoms with Crippen LogP contribution < -0.4 is 14.5 Å². The molecular weight excluding hydrogens is 319 g/mol. The van der Waals surface area contributed by atoms with Crippen LogP contribution in [0.25, 0.3) is 0 Å². The number of anilines is 2. The Morgan fingerprint density at radius 2 is 1.71 bits per heavy atom. The van der Waals surface area contributed by atoms with Crippen molar-refractivity contribution in [3.8, 4) is 5.75 Å². The molecule has 2 heterocycles. The van der Waals surface area contributed by atoms with E-state index in [1.807, 2.05) is 29.2 Å². The molecule has 1 saturated heterocycles. The van der Waals surface area contributed by atoms with Crippen LogP contribution in [0.3, 0.4) is 0 Å². The monoisotopic (exact) mass is 337 g/mol. The van der Waals surface area contributed by atoms with E-state index >= 15 is 0 Å². The van der Waals surface area contributed by atoms with E-state index in [1.54, 1.807) is 7.11 Å². The van der Waals surface area contributed by atoms with Crippen LogP contribution in [-0.4, -0.2) is 38.3 Å². The zero-order valence-electron chi connectivity index (χ0n) is 13.3. The Balaban J connectivity index is 1.64. The highest BCUT2D eigenvalue weighted by molar-refractivity contribution is 5.52. The van der Waals surface area contributed by atoms with E-state index in [0.29, 0.717) is 18.9 Å². The molecule has 0 radical (unpaired) electrons. The number of piperazine rings is 1. The van der Waals surface area contributed by atoms with Crippen molar-refractivity contribution in [1.82, 2.24) is 4.98 Å². The van der Waals surface area contributed by atoms with Crippen molar-refractivity contribution in [3.05, 3.63) is 48.2 Å². The summed E-state index contributed by atoms with van der Waals surface area (Å²) in [6.07, 6.45) is -3.46. The molecule has 0 saturated carbocycles. The minimum Gasteiger partial charge on any atom is -0.497 e. The van der Waals surface area contributed by atoms with E-state index in [0.717, 1.165) is 36.8 Å². The number of alkyl halides is 3. The number of pyridine rings is 1. The van der Waals surface area contributed by atoms with Crippen molar-refractivity contribution in [2.45, 2.75) is 6.18 Å². The first kappa shape index (κ1) is 16.4. The molecule has 0 bridgehead atoms. The lowest BCUT2D eigenvalue weighted by molar-refractivity contribution is -0.137. The van der Waals surface area contributed by atoms with Crippen molar-refractivity contribution in [1.29, 1.82) is 0 Å². The minimum atomic E-state index is -4.35. The largest absolute Gasteiger partial charge is 0.497 e. The van der Waals surface area contributed by atoms with Crippen molar-refractivity contribution in [2.75, 3.05) is 43.1 Å². The molecule has 7 heteroatoms. The maximum Gasteiger partial charge on any atom is 0.417 e. The molecule has 0 amide bonds. The van der Waals surface area contributed by atoms with Crippen molar-refractivity contribution >= 4 is 11.5 Å². The lowest BCUT2D eigenvalue weighted by atomic mass is 10.2. The molecule has 0 spiro atoms. The summed E-state index contributed by atoms with van der Waals surface area (Å²) < 4.78 is 43.0. The van der Waals surface area contributed by atoms with Gasteiger partial charge in [-0.05, 0) is 24.3 Å². The topological polar surface area (TPSA) is 28.6 Å². The van der Waals surface area contributed by atoms with E-state index in [4.69, 9.17) is 4.74 Å². The lowest BCUT2D eigenvalue weighted by Gasteiger charge is -2.36. The highest BCUT2D eigenvalue weighted by Crippen LogP contribution is 2.29. The second kappa shape index (κ2) is 6.59. The summed E-state index contributed by atoms with van der Waals surface area (Å²) in [7, 11) is 1.63. The Labute approximate surface area is 138 Å². The smallest absolute Gasteiger partial charge is 0.417 e. The van der Waals surface area contributed by atoms with Gasteiger partial charge in [-0.25, -0.2) is 4.98 Å². The van der Waals surface area contributed by atoms with Crippen LogP contribution in [0, 0.1) is 0 Å². The summed E-state index contributed by atoms with van der Waals surface area (Å²) >= 11 is 0. The van der Waals surface area contributed by atoms with Gasteiger partial charge in [0.05, 0.1) is 12.7 Å². The van der Waals surface area contributed by atoms with E-state index in [1.165, 1.54) is 6.07 Å². The second-order valence-corrected chi connectivity index (χ2v) is 5.58. The van der Waals surface area contributed by atoms with Crippen LogP contribution in [0.4, 0.5) is 24.7 Å². The fourth-order valence-corrected chi connectivity index (χ4v) is 2.74. The molecule has 1 aromatic heterocycles. The minimum absolute atomic E-state index is 0.577. The molecule has 2 aromatic rings. The first-order valence-corrected chi connectivity index (χ1v) is 7.64. The molecule has 128 valence electrons. The molecule has 0 N–H and O–H groups in total. The van der Waals surface area contributed by atoms with E-state index in [2.05, 4.69) is 9.88 Å². The number of nitrogens with zero attached hydrogens (tertiary/aromatic N) is 3. The number of aromatic nitrogens is 1. The Morgan fingerprint density at radius 1 is 1.00 bits per heavy atom. The van der Waals surface area contributed by atoms with E-state index in [-0.39, 0.29) is 0 Å². The highest BCUT2D eigenvalue weighted by atomic mass is 19.4. The van der Waals surface area contributed by atoms with Crippen LogP contribution in [0.5, 0.6) is 5.75 Å². The maximum absolute atomic E-state index is 12.6. The molecule has 0 atom stereocenters. The number of hydrogen-bond donors (Lipinski definition) is 0. The Morgan fingerprint density at radius 3 is 2.29 bits per heavy atom. The Kier molecular flexibility index (Phi) is 4.51. The Hall–Kier alpha value is -2.44. The van der Waals surface area contributed by atoms with Gasteiger partial charge in [0.25, 0.3) is 0 Å². The van der Waals surface area contributed by atoms with Crippen LogP contribution in [-0.2, 0) is 6.18 Å². The average Bonchev–Trinajstić information content (AvgIpc) is 2.61. The molecule has 1 aliphatic heterocycles. The number of ether oxygens (including phenoxy) is 1. The second-order valence-electron chi connectivity index (χ2n) is 5.58. The summed E-state index contributed by atoms with van der Waals surface area (Å²) in [5.74, 6) is 1.38. The fourth-order valence-electron chi connectivity index (χ4n) is 2.74. The predicted molar refractivity (Wildman–Crippen MR) is 86.7 cm³/mol. The fraction of sp³-hybridized carbons (Fsp3) is 0.353. The maximum atomic E-state index is 12.6. The Bertz CT molecular complexity index is 680.